The van der Waals surface area contributed by atoms with E-state index in [-0.39, 0.29) is 5.41 Å². The molecule has 0 unspecified atom stereocenters. The molecular formula is C13H16. The van der Waals surface area contributed by atoms with E-state index in [1.165, 1.54) is 11.1 Å². The number of rotatable bonds is 0. The molecule has 0 heteroatoms. The van der Waals surface area contributed by atoms with Crippen LogP contribution in [0.5, 0.6) is 0 Å². The van der Waals surface area contributed by atoms with Gasteiger partial charge in [-0.25, -0.2) is 0 Å². The third-order valence-corrected chi connectivity index (χ3v) is 2.20. The Balaban J connectivity index is 3.23. The Morgan fingerprint density at radius 3 is 2.23 bits per heavy atom. The Kier molecular flexibility index (Phi) is 2.48. The Hall–Kier alpha value is -1.22. The zero-order valence-electron chi connectivity index (χ0n) is 8.81. The summed E-state index contributed by atoms with van der Waals surface area (Å²) >= 11 is 0. The van der Waals surface area contributed by atoms with Crippen molar-refractivity contribution in [3.05, 3.63) is 34.9 Å². The lowest BCUT2D eigenvalue weighted by Crippen LogP contribution is -2.12. The summed E-state index contributed by atoms with van der Waals surface area (Å²) in [6.07, 6.45) is 5.33. The minimum absolute atomic E-state index is 0.206. The highest BCUT2D eigenvalue weighted by molar-refractivity contribution is 5.41. The summed E-state index contributed by atoms with van der Waals surface area (Å²) in [5.41, 5.74) is 3.82. The highest BCUT2D eigenvalue weighted by Crippen LogP contribution is 2.25. The fourth-order valence-corrected chi connectivity index (χ4v) is 1.59. The monoisotopic (exact) mass is 172 g/mol. The number of benzene rings is 1. The van der Waals surface area contributed by atoms with Crippen molar-refractivity contribution < 1.29 is 0 Å². The quantitative estimate of drug-likeness (QED) is 0.527. The van der Waals surface area contributed by atoms with Gasteiger partial charge in [-0.1, -0.05) is 32.8 Å². The van der Waals surface area contributed by atoms with Crippen molar-refractivity contribution >= 4 is 0 Å². The molecule has 0 nitrogen and oxygen atoms in total. The molecular weight excluding hydrogens is 156 g/mol. The minimum atomic E-state index is 0.206. The van der Waals surface area contributed by atoms with Gasteiger partial charge < -0.3 is 0 Å². The third kappa shape index (κ3) is 2.12. The molecule has 0 amide bonds. The van der Waals surface area contributed by atoms with Crippen LogP contribution in [0.4, 0.5) is 0 Å². The number of hydrogen-bond donors (Lipinski definition) is 0. The zero-order valence-corrected chi connectivity index (χ0v) is 8.81. The highest BCUT2D eigenvalue weighted by atomic mass is 14.2. The smallest absolute Gasteiger partial charge is 0.0245 e. The number of hydrogen-bond acceptors (Lipinski definition) is 0. The lowest BCUT2D eigenvalue weighted by atomic mass is 9.83. The van der Waals surface area contributed by atoms with Crippen molar-refractivity contribution in [3.8, 4) is 12.3 Å². The predicted molar refractivity (Wildman–Crippen MR) is 57.8 cm³/mol. The molecule has 0 spiro atoms. The molecule has 0 bridgehead atoms. The first-order chi connectivity index (χ1) is 5.95. The van der Waals surface area contributed by atoms with Gasteiger partial charge in [0.1, 0.15) is 0 Å². The summed E-state index contributed by atoms with van der Waals surface area (Å²) in [5, 5.41) is 0. The Morgan fingerprint density at radius 1 is 1.23 bits per heavy atom. The molecule has 68 valence electrons. The molecule has 0 radical (unpaired) electrons. The van der Waals surface area contributed by atoms with Crippen molar-refractivity contribution in [1.82, 2.24) is 0 Å². The maximum Gasteiger partial charge on any atom is 0.0245 e. The summed E-state index contributed by atoms with van der Waals surface area (Å²) < 4.78 is 0. The first kappa shape index (κ1) is 9.86. The van der Waals surface area contributed by atoms with Crippen LogP contribution < -0.4 is 0 Å². The van der Waals surface area contributed by atoms with Crippen LogP contribution in [0, 0.1) is 19.3 Å². The molecule has 0 N–H and O–H groups in total. The molecule has 0 aliphatic carbocycles. The molecule has 1 aromatic carbocycles. The van der Waals surface area contributed by atoms with Crippen molar-refractivity contribution in [1.29, 1.82) is 0 Å². The third-order valence-electron chi connectivity index (χ3n) is 2.20. The molecule has 0 saturated carbocycles. The Labute approximate surface area is 81.0 Å². The normalized spacial score (nSPS) is 11.0. The summed E-state index contributed by atoms with van der Waals surface area (Å²) in [7, 11) is 0. The van der Waals surface area contributed by atoms with Crippen LogP contribution in [0.2, 0.25) is 0 Å². The highest BCUT2D eigenvalue weighted by Gasteiger charge is 2.15. The van der Waals surface area contributed by atoms with Gasteiger partial charge in [-0.05, 0) is 35.6 Å². The van der Waals surface area contributed by atoms with Gasteiger partial charge in [0.05, 0.1) is 0 Å². The molecule has 1 rings (SSSR count). The molecule has 0 aliphatic heterocycles. The van der Waals surface area contributed by atoms with Gasteiger partial charge in [-0.2, -0.15) is 0 Å². The average molecular weight is 172 g/mol. The molecule has 0 atom stereocenters. The lowest BCUT2D eigenvalue weighted by molar-refractivity contribution is 0.586. The predicted octanol–water partition coefficient (Wildman–Crippen LogP) is 3.27. The Morgan fingerprint density at radius 2 is 1.85 bits per heavy atom. The Bertz CT molecular complexity index is 345. The topological polar surface area (TPSA) is 0 Å². The van der Waals surface area contributed by atoms with Gasteiger partial charge in [-0.15, -0.1) is 6.42 Å². The summed E-state index contributed by atoms with van der Waals surface area (Å²) in [5.74, 6) is 2.65. The van der Waals surface area contributed by atoms with Gasteiger partial charge in [0.25, 0.3) is 0 Å². The van der Waals surface area contributed by atoms with E-state index in [4.69, 9.17) is 6.42 Å². The van der Waals surface area contributed by atoms with Crippen LogP contribution in [-0.4, -0.2) is 0 Å². The SMILES string of the molecule is C#Cc1ccc(C(C)(C)C)c(C)c1. The number of aryl methyl sites for hydroxylation is 1. The van der Waals surface area contributed by atoms with Crippen LogP contribution in [0.3, 0.4) is 0 Å². The van der Waals surface area contributed by atoms with E-state index in [0.717, 1.165) is 5.56 Å². The fraction of sp³-hybridized carbons (Fsp3) is 0.385. The van der Waals surface area contributed by atoms with Gasteiger partial charge in [0.15, 0.2) is 0 Å². The van der Waals surface area contributed by atoms with Crippen LogP contribution >= 0.6 is 0 Å². The second-order valence-corrected chi connectivity index (χ2v) is 4.42. The van der Waals surface area contributed by atoms with Crippen molar-refractivity contribution in [2.45, 2.75) is 33.1 Å². The van der Waals surface area contributed by atoms with E-state index in [1.54, 1.807) is 0 Å². The van der Waals surface area contributed by atoms with Crippen LogP contribution in [0.1, 0.15) is 37.5 Å². The van der Waals surface area contributed by atoms with Crippen molar-refractivity contribution in [3.63, 3.8) is 0 Å². The maximum atomic E-state index is 5.33. The van der Waals surface area contributed by atoms with E-state index in [0.29, 0.717) is 0 Å². The lowest BCUT2D eigenvalue weighted by Gasteiger charge is -2.21. The fourth-order valence-electron chi connectivity index (χ4n) is 1.59. The first-order valence-electron chi connectivity index (χ1n) is 4.53. The van der Waals surface area contributed by atoms with E-state index >= 15 is 0 Å². The largest absolute Gasteiger partial charge is 0.115 e. The molecule has 0 heterocycles. The number of terminal acetylenes is 1. The minimum Gasteiger partial charge on any atom is -0.115 e. The van der Waals surface area contributed by atoms with E-state index in [2.05, 4.69) is 45.7 Å². The second-order valence-electron chi connectivity index (χ2n) is 4.42. The average Bonchev–Trinajstić information content (AvgIpc) is 2.01. The van der Waals surface area contributed by atoms with Crippen molar-refractivity contribution in [2.75, 3.05) is 0 Å². The zero-order chi connectivity index (χ0) is 10.1. The molecule has 1 aromatic rings. The molecule has 0 fully saturated rings. The van der Waals surface area contributed by atoms with Gasteiger partial charge in [-0.3, -0.25) is 0 Å². The maximum absolute atomic E-state index is 5.33. The van der Waals surface area contributed by atoms with Crippen LogP contribution in [0.25, 0.3) is 0 Å². The van der Waals surface area contributed by atoms with Gasteiger partial charge >= 0.3 is 0 Å². The van der Waals surface area contributed by atoms with E-state index < -0.39 is 0 Å². The van der Waals surface area contributed by atoms with Crippen molar-refractivity contribution in [2.24, 2.45) is 0 Å². The standard InChI is InChI=1S/C13H16/c1-6-11-7-8-12(10(2)9-11)13(3,4)5/h1,7-9H,2-5H3. The summed E-state index contributed by atoms with van der Waals surface area (Å²) in [6.45, 7) is 8.75. The van der Waals surface area contributed by atoms with E-state index in [9.17, 15) is 0 Å². The summed E-state index contributed by atoms with van der Waals surface area (Å²) in [6, 6.07) is 6.21. The van der Waals surface area contributed by atoms with Crippen LogP contribution in [-0.2, 0) is 5.41 Å². The molecule has 0 aromatic heterocycles. The van der Waals surface area contributed by atoms with Crippen LogP contribution in [0.15, 0.2) is 18.2 Å². The van der Waals surface area contributed by atoms with Gasteiger partial charge in [0, 0.05) is 5.56 Å². The van der Waals surface area contributed by atoms with Gasteiger partial charge in [0.2, 0.25) is 0 Å². The molecule has 13 heavy (non-hydrogen) atoms. The summed E-state index contributed by atoms with van der Waals surface area (Å²) in [4.78, 5) is 0. The molecule has 0 saturated heterocycles. The second kappa shape index (κ2) is 3.26. The van der Waals surface area contributed by atoms with E-state index in [1.807, 2.05) is 6.07 Å². The first-order valence-corrected chi connectivity index (χ1v) is 4.53. The molecule has 0 aliphatic rings.